The van der Waals surface area contributed by atoms with Gasteiger partial charge in [-0.25, -0.2) is 0 Å². The number of anilines is 1. The number of carbonyl (C=O) groups excluding carboxylic acids is 5. The Labute approximate surface area is 173 Å². The molecule has 2 N–H and O–H groups in total. The van der Waals surface area contributed by atoms with Crippen molar-refractivity contribution in [1.82, 2.24) is 15.5 Å². The van der Waals surface area contributed by atoms with Crippen LogP contribution in [0.3, 0.4) is 0 Å². The van der Waals surface area contributed by atoms with Crippen molar-refractivity contribution >= 4 is 35.2 Å². The Balaban J connectivity index is 1.48. The third-order valence-electron chi connectivity index (χ3n) is 6.16. The summed E-state index contributed by atoms with van der Waals surface area (Å²) in [6.45, 7) is 1.53. The van der Waals surface area contributed by atoms with Crippen molar-refractivity contribution in [2.45, 2.75) is 38.1 Å². The lowest BCUT2D eigenvalue weighted by Crippen LogP contribution is -2.54. The molecule has 1 aromatic carbocycles. The Hall–Kier alpha value is -3.23. The summed E-state index contributed by atoms with van der Waals surface area (Å²) in [5.41, 5.74) is 1.41. The Morgan fingerprint density at radius 2 is 1.77 bits per heavy atom. The van der Waals surface area contributed by atoms with E-state index in [0.29, 0.717) is 12.3 Å². The fourth-order valence-corrected chi connectivity index (χ4v) is 4.42. The second-order valence-corrected chi connectivity index (χ2v) is 7.98. The maximum Gasteiger partial charge on any atom is 0.262 e. The molecule has 0 bridgehead atoms. The minimum absolute atomic E-state index is 0.0450. The highest BCUT2D eigenvalue weighted by molar-refractivity contribution is 6.23. The van der Waals surface area contributed by atoms with Crippen LogP contribution in [0.15, 0.2) is 18.2 Å². The highest BCUT2D eigenvalue weighted by atomic mass is 16.2. The van der Waals surface area contributed by atoms with E-state index in [4.69, 9.17) is 0 Å². The molecular weight excluding hydrogens is 388 g/mol. The Morgan fingerprint density at radius 3 is 2.43 bits per heavy atom. The largest absolute Gasteiger partial charge is 0.371 e. The molecule has 2 saturated heterocycles. The highest BCUT2D eigenvalue weighted by Crippen LogP contribution is 2.32. The van der Waals surface area contributed by atoms with Crippen molar-refractivity contribution in [3.8, 4) is 0 Å². The minimum atomic E-state index is -0.959. The van der Waals surface area contributed by atoms with E-state index in [9.17, 15) is 24.0 Å². The summed E-state index contributed by atoms with van der Waals surface area (Å²) >= 11 is 0. The van der Waals surface area contributed by atoms with Crippen molar-refractivity contribution in [3.05, 3.63) is 29.3 Å². The van der Waals surface area contributed by atoms with E-state index in [-0.39, 0.29) is 29.9 Å². The summed E-state index contributed by atoms with van der Waals surface area (Å²) in [6.07, 6.45) is 2.50. The average molecular weight is 412 g/mol. The molecule has 0 aliphatic carbocycles. The molecule has 4 rings (SSSR count). The number of piperidine rings is 2. The van der Waals surface area contributed by atoms with Gasteiger partial charge in [0.15, 0.2) is 0 Å². The Bertz CT molecular complexity index is 935. The predicted molar refractivity (Wildman–Crippen MR) is 107 cm³/mol. The molecule has 9 nitrogen and oxygen atoms in total. The zero-order valence-corrected chi connectivity index (χ0v) is 16.8. The SMILES string of the molecule is CNC(=O)CC1CCN(c2ccc3c(c2)C(=O)N(C2CCC(=O)NC2=O)C3=O)CC1. The monoisotopic (exact) mass is 412 g/mol. The molecule has 2 fully saturated rings. The molecule has 30 heavy (non-hydrogen) atoms. The van der Waals surface area contributed by atoms with Crippen LogP contribution in [0.25, 0.3) is 0 Å². The van der Waals surface area contributed by atoms with Crippen LogP contribution in [0.1, 0.15) is 52.8 Å². The van der Waals surface area contributed by atoms with Gasteiger partial charge >= 0.3 is 0 Å². The number of nitrogens with zero attached hydrogens (tertiary/aromatic N) is 2. The summed E-state index contributed by atoms with van der Waals surface area (Å²) < 4.78 is 0. The van der Waals surface area contributed by atoms with E-state index in [1.807, 2.05) is 6.07 Å². The van der Waals surface area contributed by atoms with Crippen molar-refractivity contribution in [2.75, 3.05) is 25.0 Å². The first-order chi connectivity index (χ1) is 14.4. The summed E-state index contributed by atoms with van der Waals surface area (Å²) in [5.74, 6) is -1.62. The molecule has 158 valence electrons. The number of benzene rings is 1. The average Bonchev–Trinajstić information content (AvgIpc) is 2.98. The van der Waals surface area contributed by atoms with Gasteiger partial charge < -0.3 is 10.2 Å². The number of carbonyl (C=O) groups is 5. The summed E-state index contributed by atoms with van der Waals surface area (Å²) in [5, 5.41) is 4.85. The molecule has 0 spiro atoms. The van der Waals surface area contributed by atoms with Gasteiger partial charge in [-0.3, -0.25) is 34.2 Å². The van der Waals surface area contributed by atoms with E-state index >= 15 is 0 Å². The first-order valence-corrected chi connectivity index (χ1v) is 10.2. The first kappa shape index (κ1) is 20.1. The zero-order valence-electron chi connectivity index (χ0n) is 16.8. The predicted octanol–water partition coefficient (Wildman–Crippen LogP) is 0.440. The van der Waals surface area contributed by atoms with Crippen LogP contribution in [0, 0.1) is 5.92 Å². The second kappa shape index (κ2) is 7.89. The molecule has 1 atom stereocenters. The van der Waals surface area contributed by atoms with Gasteiger partial charge in [0.2, 0.25) is 17.7 Å². The van der Waals surface area contributed by atoms with Crippen LogP contribution >= 0.6 is 0 Å². The van der Waals surface area contributed by atoms with Gasteiger partial charge in [0.1, 0.15) is 6.04 Å². The van der Waals surface area contributed by atoms with E-state index in [1.54, 1.807) is 19.2 Å². The maximum atomic E-state index is 13.0. The lowest BCUT2D eigenvalue weighted by molar-refractivity contribution is -0.136. The van der Waals surface area contributed by atoms with E-state index in [2.05, 4.69) is 15.5 Å². The van der Waals surface area contributed by atoms with Crippen molar-refractivity contribution < 1.29 is 24.0 Å². The van der Waals surface area contributed by atoms with Gasteiger partial charge in [-0.1, -0.05) is 0 Å². The smallest absolute Gasteiger partial charge is 0.262 e. The second-order valence-electron chi connectivity index (χ2n) is 7.98. The minimum Gasteiger partial charge on any atom is -0.371 e. The van der Waals surface area contributed by atoms with Crippen LogP contribution in [-0.4, -0.2) is 60.6 Å². The molecule has 0 saturated carbocycles. The molecule has 1 unspecified atom stereocenters. The lowest BCUT2D eigenvalue weighted by Gasteiger charge is -2.33. The number of hydrogen-bond donors (Lipinski definition) is 2. The molecule has 1 aromatic rings. The molecule has 5 amide bonds. The standard InChI is InChI=1S/C21H24N4O5/c1-22-18(27)10-12-6-8-24(9-7-12)13-2-3-14-15(11-13)21(30)25(20(14)29)16-4-5-17(26)23-19(16)28/h2-3,11-12,16H,4-10H2,1H3,(H,22,27)(H,23,26,28). The van der Waals surface area contributed by atoms with E-state index < -0.39 is 29.7 Å². The Morgan fingerprint density at radius 1 is 1.07 bits per heavy atom. The molecule has 3 aliphatic rings. The number of imide groups is 2. The first-order valence-electron chi connectivity index (χ1n) is 10.2. The number of amides is 5. The molecule has 3 aliphatic heterocycles. The van der Waals surface area contributed by atoms with Crippen LogP contribution in [0.4, 0.5) is 5.69 Å². The van der Waals surface area contributed by atoms with Crippen LogP contribution in [-0.2, 0) is 14.4 Å². The van der Waals surface area contributed by atoms with Crippen molar-refractivity contribution in [3.63, 3.8) is 0 Å². The number of fused-ring (bicyclic) bond motifs is 1. The molecule has 0 aromatic heterocycles. The molecule has 9 heteroatoms. The molecule has 0 radical (unpaired) electrons. The number of rotatable bonds is 4. The summed E-state index contributed by atoms with van der Waals surface area (Å²) in [6, 6.07) is 4.20. The summed E-state index contributed by atoms with van der Waals surface area (Å²) in [4.78, 5) is 64.0. The maximum absolute atomic E-state index is 13.0. The van der Waals surface area contributed by atoms with Gasteiger partial charge in [0, 0.05) is 38.7 Å². The van der Waals surface area contributed by atoms with E-state index in [0.717, 1.165) is 36.5 Å². The zero-order chi connectivity index (χ0) is 21.4. The third kappa shape index (κ3) is 3.55. The van der Waals surface area contributed by atoms with Gasteiger partial charge in [0.25, 0.3) is 11.8 Å². The number of hydrogen-bond acceptors (Lipinski definition) is 6. The fourth-order valence-electron chi connectivity index (χ4n) is 4.42. The quantitative estimate of drug-likeness (QED) is 0.694. The fraction of sp³-hybridized carbons (Fsp3) is 0.476. The normalized spacial score (nSPS) is 22.2. The van der Waals surface area contributed by atoms with Crippen molar-refractivity contribution in [2.24, 2.45) is 5.92 Å². The Kier molecular flexibility index (Phi) is 5.27. The van der Waals surface area contributed by atoms with Gasteiger partial charge in [-0.05, 0) is 43.4 Å². The summed E-state index contributed by atoms with van der Waals surface area (Å²) in [7, 11) is 1.64. The topological polar surface area (TPSA) is 116 Å². The van der Waals surface area contributed by atoms with Gasteiger partial charge in [0.05, 0.1) is 11.1 Å². The van der Waals surface area contributed by atoms with Gasteiger partial charge in [-0.15, -0.1) is 0 Å². The molecular formula is C21H24N4O5. The van der Waals surface area contributed by atoms with Crippen molar-refractivity contribution in [1.29, 1.82) is 0 Å². The van der Waals surface area contributed by atoms with E-state index in [1.165, 1.54) is 0 Å². The number of nitrogens with one attached hydrogen (secondary N) is 2. The van der Waals surface area contributed by atoms with Crippen LogP contribution in [0.2, 0.25) is 0 Å². The third-order valence-corrected chi connectivity index (χ3v) is 6.16. The molecule has 3 heterocycles. The van der Waals surface area contributed by atoms with Gasteiger partial charge in [-0.2, -0.15) is 0 Å². The highest BCUT2D eigenvalue weighted by Gasteiger charge is 2.44. The lowest BCUT2D eigenvalue weighted by atomic mass is 9.92. The van der Waals surface area contributed by atoms with Crippen LogP contribution in [0.5, 0.6) is 0 Å². The van der Waals surface area contributed by atoms with Crippen LogP contribution < -0.4 is 15.5 Å².